The maximum atomic E-state index is 14.5. The molecule has 194 valence electrons. The Hall–Kier alpha value is -3.11. The first-order chi connectivity index (χ1) is 17.2. The van der Waals surface area contributed by atoms with Crippen molar-refractivity contribution in [3.05, 3.63) is 64.6 Å². The van der Waals surface area contributed by atoms with Crippen molar-refractivity contribution in [2.45, 2.75) is 38.0 Å². The number of carbonyl (C=O) groups excluding carboxylic acids is 1. The highest BCUT2D eigenvalue weighted by molar-refractivity contribution is 6.09. The summed E-state index contributed by atoms with van der Waals surface area (Å²) in [5.41, 5.74) is 6.34. The van der Waals surface area contributed by atoms with E-state index in [-0.39, 0.29) is 47.1 Å². The minimum atomic E-state index is -4.66. The van der Waals surface area contributed by atoms with Gasteiger partial charge >= 0.3 is 6.18 Å². The number of piperidine rings is 1. The van der Waals surface area contributed by atoms with E-state index in [9.17, 15) is 22.4 Å². The summed E-state index contributed by atoms with van der Waals surface area (Å²) in [5, 5.41) is -0.188. The van der Waals surface area contributed by atoms with Gasteiger partial charge in [0, 0.05) is 44.9 Å². The van der Waals surface area contributed by atoms with Crippen LogP contribution in [-0.4, -0.2) is 49.3 Å². The molecule has 6 nitrogen and oxygen atoms in total. The molecule has 1 aliphatic rings. The van der Waals surface area contributed by atoms with Crippen molar-refractivity contribution in [1.29, 1.82) is 0 Å². The zero-order valence-electron chi connectivity index (χ0n) is 20.2. The molecule has 2 heterocycles. The lowest BCUT2D eigenvalue weighted by Crippen LogP contribution is -2.38. The quantitative estimate of drug-likeness (QED) is 0.461. The van der Waals surface area contributed by atoms with Gasteiger partial charge in [-0.3, -0.25) is 4.79 Å². The third kappa shape index (κ3) is 4.92. The highest BCUT2D eigenvalue weighted by atomic mass is 19.4. The van der Waals surface area contributed by atoms with E-state index in [0.29, 0.717) is 38.0 Å². The number of fused-ring (bicyclic) bond motifs is 1. The number of hydrogen-bond donors (Lipinski definition) is 1. The number of amides is 1. The van der Waals surface area contributed by atoms with Gasteiger partial charge in [-0.1, -0.05) is 12.1 Å². The second kappa shape index (κ2) is 10.5. The van der Waals surface area contributed by atoms with Crippen LogP contribution >= 0.6 is 0 Å². The maximum Gasteiger partial charge on any atom is 0.417 e. The van der Waals surface area contributed by atoms with Crippen LogP contribution in [0.2, 0.25) is 0 Å². The van der Waals surface area contributed by atoms with Crippen LogP contribution < -0.4 is 10.5 Å². The molecule has 36 heavy (non-hydrogen) atoms. The Morgan fingerprint density at radius 1 is 1.14 bits per heavy atom. The molecule has 0 atom stereocenters. The van der Waals surface area contributed by atoms with Crippen LogP contribution in [0.4, 0.5) is 17.6 Å². The molecular weight excluding hydrogens is 478 g/mol. The molecule has 3 aromatic rings. The number of likely N-dealkylation sites (tertiary alicyclic amines) is 1. The van der Waals surface area contributed by atoms with E-state index in [0.717, 1.165) is 11.6 Å². The van der Waals surface area contributed by atoms with Crippen LogP contribution in [0, 0.1) is 5.82 Å². The molecule has 2 aromatic carbocycles. The lowest BCUT2D eigenvalue weighted by molar-refractivity contribution is -0.136. The van der Waals surface area contributed by atoms with E-state index in [1.54, 1.807) is 16.7 Å². The maximum absolute atomic E-state index is 14.5. The van der Waals surface area contributed by atoms with Gasteiger partial charge in [0.05, 0.1) is 30.4 Å². The third-order valence-corrected chi connectivity index (χ3v) is 6.79. The molecule has 1 aromatic heterocycles. The van der Waals surface area contributed by atoms with Crippen molar-refractivity contribution in [3.63, 3.8) is 0 Å². The second-order valence-corrected chi connectivity index (χ2v) is 8.89. The number of alkyl halides is 3. The molecule has 4 rings (SSSR count). The molecule has 0 unspecified atom stereocenters. The van der Waals surface area contributed by atoms with Gasteiger partial charge in [-0.2, -0.15) is 13.2 Å². The Labute approximate surface area is 206 Å². The van der Waals surface area contributed by atoms with Gasteiger partial charge < -0.3 is 24.7 Å². The average Bonchev–Trinajstić information content (AvgIpc) is 3.25. The Morgan fingerprint density at radius 3 is 2.47 bits per heavy atom. The summed E-state index contributed by atoms with van der Waals surface area (Å²) in [6, 6.07) is 7.00. The summed E-state index contributed by atoms with van der Waals surface area (Å²) in [5.74, 6) is -0.679. The van der Waals surface area contributed by atoms with Gasteiger partial charge in [0.15, 0.2) is 0 Å². The van der Waals surface area contributed by atoms with E-state index in [1.165, 1.54) is 37.4 Å². The number of carbonyl (C=O) groups is 1. The highest BCUT2D eigenvalue weighted by Gasteiger charge is 2.37. The minimum absolute atomic E-state index is 0.0397. The molecule has 0 radical (unpaired) electrons. The van der Waals surface area contributed by atoms with Gasteiger partial charge in [-0.25, -0.2) is 4.39 Å². The lowest BCUT2D eigenvalue weighted by Gasteiger charge is -2.32. The summed E-state index contributed by atoms with van der Waals surface area (Å²) in [7, 11) is 2.87. The molecule has 2 N–H and O–H groups in total. The fourth-order valence-corrected chi connectivity index (χ4v) is 4.94. The fourth-order valence-electron chi connectivity index (χ4n) is 4.94. The standard InChI is InChI=1S/C26H29F4N3O3/c1-35-12-11-33-15-19(23-20(26(28,29)30)4-6-22(36-2)24(23)33)25(34)32-9-7-17(8-10-32)18-13-16(14-31)3-5-21(18)27/h3-6,13,15,17H,7-12,14,31H2,1-2H3. The summed E-state index contributed by atoms with van der Waals surface area (Å²) < 4.78 is 68.5. The number of benzene rings is 2. The van der Waals surface area contributed by atoms with E-state index in [4.69, 9.17) is 15.2 Å². The minimum Gasteiger partial charge on any atom is -0.495 e. The largest absolute Gasteiger partial charge is 0.495 e. The van der Waals surface area contributed by atoms with Crippen LogP contribution in [0.15, 0.2) is 36.5 Å². The zero-order valence-corrected chi connectivity index (χ0v) is 20.2. The van der Waals surface area contributed by atoms with E-state index < -0.39 is 17.6 Å². The van der Waals surface area contributed by atoms with E-state index in [2.05, 4.69) is 0 Å². The fraction of sp³-hybridized carbons (Fsp3) is 0.423. The van der Waals surface area contributed by atoms with Crippen molar-refractivity contribution >= 4 is 16.8 Å². The summed E-state index contributed by atoms with van der Waals surface area (Å²) in [6.45, 7) is 1.38. The van der Waals surface area contributed by atoms with Crippen molar-refractivity contribution in [3.8, 4) is 5.75 Å². The molecule has 1 saturated heterocycles. The smallest absolute Gasteiger partial charge is 0.417 e. The first-order valence-corrected chi connectivity index (χ1v) is 11.7. The third-order valence-electron chi connectivity index (χ3n) is 6.79. The summed E-state index contributed by atoms with van der Waals surface area (Å²) in [4.78, 5) is 15.1. The predicted molar refractivity (Wildman–Crippen MR) is 128 cm³/mol. The SMILES string of the molecule is COCCn1cc(C(=O)N2CCC(c3cc(CN)ccc3F)CC2)c2c(C(F)(F)F)ccc(OC)c21. The first kappa shape index (κ1) is 26.0. The Balaban J connectivity index is 1.68. The Bertz CT molecular complexity index is 1250. The second-order valence-electron chi connectivity index (χ2n) is 8.89. The summed E-state index contributed by atoms with van der Waals surface area (Å²) in [6.07, 6.45) is -2.23. The van der Waals surface area contributed by atoms with Crippen molar-refractivity contribution < 1.29 is 31.8 Å². The molecule has 0 bridgehead atoms. The molecule has 10 heteroatoms. The van der Waals surface area contributed by atoms with Crippen molar-refractivity contribution in [2.24, 2.45) is 5.73 Å². The topological polar surface area (TPSA) is 69.7 Å². The average molecular weight is 508 g/mol. The predicted octanol–water partition coefficient (Wildman–Crippen LogP) is 4.93. The van der Waals surface area contributed by atoms with Crippen LogP contribution in [0.3, 0.4) is 0 Å². The normalized spacial score (nSPS) is 15.0. The molecule has 1 fully saturated rings. The Kier molecular flexibility index (Phi) is 7.56. The number of nitrogens with two attached hydrogens (primary N) is 1. The summed E-state index contributed by atoms with van der Waals surface area (Å²) >= 11 is 0. The van der Waals surface area contributed by atoms with Gasteiger partial charge in [0.1, 0.15) is 11.6 Å². The molecule has 0 aliphatic carbocycles. The van der Waals surface area contributed by atoms with Gasteiger partial charge in [-0.15, -0.1) is 0 Å². The number of methoxy groups -OCH3 is 2. The van der Waals surface area contributed by atoms with Crippen LogP contribution in [0.5, 0.6) is 5.75 Å². The number of hydrogen-bond acceptors (Lipinski definition) is 4. The van der Waals surface area contributed by atoms with E-state index >= 15 is 0 Å². The van der Waals surface area contributed by atoms with Gasteiger partial charge in [-0.05, 0) is 48.1 Å². The monoisotopic (exact) mass is 507 g/mol. The van der Waals surface area contributed by atoms with Crippen LogP contribution in [0.25, 0.3) is 10.9 Å². The van der Waals surface area contributed by atoms with Crippen LogP contribution in [0.1, 0.15) is 45.8 Å². The molecular formula is C26H29F4N3O3. The van der Waals surface area contributed by atoms with Crippen LogP contribution in [-0.2, 0) is 24.0 Å². The molecule has 0 spiro atoms. The zero-order chi connectivity index (χ0) is 26.0. The Morgan fingerprint density at radius 2 is 1.86 bits per heavy atom. The number of aromatic nitrogens is 1. The number of nitrogens with zero attached hydrogens (tertiary/aromatic N) is 2. The van der Waals surface area contributed by atoms with Gasteiger partial charge in [0.25, 0.3) is 5.91 Å². The number of rotatable bonds is 7. The number of halogens is 4. The molecule has 0 saturated carbocycles. The first-order valence-electron chi connectivity index (χ1n) is 11.7. The van der Waals surface area contributed by atoms with E-state index in [1.807, 2.05) is 0 Å². The van der Waals surface area contributed by atoms with Crippen molar-refractivity contribution in [2.75, 3.05) is 33.9 Å². The van der Waals surface area contributed by atoms with Gasteiger partial charge in [0.2, 0.25) is 0 Å². The van der Waals surface area contributed by atoms with Crippen molar-refractivity contribution in [1.82, 2.24) is 9.47 Å². The molecule has 1 aliphatic heterocycles. The number of ether oxygens (including phenoxy) is 2. The highest BCUT2D eigenvalue weighted by Crippen LogP contribution is 2.41. The molecule has 1 amide bonds. The lowest BCUT2D eigenvalue weighted by atomic mass is 9.88.